The van der Waals surface area contributed by atoms with Crippen molar-refractivity contribution in [1.82, 2.24) is 9.80 Å². The number of benzene rings is 3. The predicted molar refractivity (Wildman–Crippen MR) is 127 cm³/mol. The van der Waals surface area contributed by atoms with E-state index in [1.54, 1.807) is 7.11 Å². The molecule has 1 fully saturated rings. The minimum absolute atomic E-state index is 0.133. The Morgan fingerprint density at radius 2 is 1.81 bits per heavy atom. The highest BCUT2D eigenvalue weighted by Crippen LogP contribution is 2.31. The van der Waals surface area contributed by atoms with Crippen LogP contribution < -0.4 is 9.47 Å². The first-order valence-electron chi connectivity index (χ1n) is 11.6. The summed E-state index contributed by atoms with van der Waals surface area (Å²) < 4.78 is 11.8. The van der Waals surface area contributed by atoms with Gasteiger partial charge in [-0.25, -0.2) is 0 Å². The quantitative estimate of drug-likeness (QED) is 0.655. The van der Waals surface area contributed by atoms with Crippen LogP contribution in [-0.4, -0.2) is 54.4 Å². The number of rotatable bonds is 5. The molecule has 5 heteroatoms. The van der Waals surface area contributed by atoms with E-state index in [0.29, 0.717) is 6.61 Å². The van der Waals surface area contributed by atoms with Crippen LogP contribution in [0.3, 0.4) is 0 Å². The van der Waals surface area contributed by atoms with E-state index in [-0.39, 0.29) is 6.10 Å². The normalized spacial score (nSPS) is 18.2. The Kier molecular flexibility index (Phi) is 6.30. The highest BCUT2D eigenvalue weighted by atomic mass is 16.5. The lowest BCUT2D eigenvalue weighted by atomic mass is 10.0. The second-order valence-corrected chi connectivity index (χ2v) is 8.98. The van der Waals surface area contributed by atoms with Crippen LogP contribution in [0, 0.1) is 0 Å². The van der Waals surface area contributed by atoms with E-state index in [9.17, 15) is 5.11 Å². The van der Waals surface area contributed by atoms with E-state index in [4.69, 9.17) is 9.47 Å². The Labute approximate surface area is 190 Å². The highest BCUT2D eigenvalue weighted by molar-refractivity contribution is 5.87. The molecule has 0 amide bonds. The maximum Gasteiger partial charge on any atom is 0.123 e. The predicted octanol–water partition coefficient (Wildman–Crippen LogP) is 4.20. The van der Waals surface area contributed by atoms with Gasteiger partial charge in [-0.15, -0.1) is 0 Å². The summed E-state index contributed by atoms with van der Waals surface area (Å²) in [5.41, 5.74) is 3.79. The Morgan fingerprint density at radius 1 is 0.969 bits per heavy atom. The van der Waals surface area contributed by atoms with E-state index in [1.165, 1.54) is 27.5 Å². The smallest absolute Gasteiger partial charge is 0.123 e. The lowest BCUT2D eigenvalue weighted by Gasteiger charge is -2.29. The van der Waals surface area contributed by atoms with Gasteiger partial charge in [0.2, 0.25) is 0 Å². The molecule has 0 aromatic heterocycles. The van der Waals surface area contributed by atoms with E-state index >= 15 is 0 Å². The number of hydrogen-bond donors (Lipinski definition) is 1. The first-order valence-corrected chi connectivity index (χ1v) is 11.6. The average molecular weight is 433 g/mol. The molecule has 0 atom stereocenters. The molecule has 2 heterocycles. The summed E-state index contributed by atoms with van der Waals surface area (Å²) in [5, 5.41) is 12.3. The zero-order valence-electron chi connectivity index (χ0n) is 18.8. The fourth-order valence-corrected chi connectivity index (χ4v) is 4.96. The van der Waals surface area contributed by atoms with Gasteiger partial charge in [0.1, 0.15) is 18.1 Å². The molecular weight excluding hydrogens is 400 g/mol. The molecule has 0 radical (unpaired) electrons. The summed E-state index contributed by atoms with van der Waals surface area (Å²) >= 11 is 0. The summed E-state index contributed by atoms with van der Waals surface area (Å²) in [7, 11) is 1.75. The van der Waals surface area contributed by atoms with Gasteiger partial charge in [-0.3, -0.25) is 9.80 Å². The van der Waals surface area contributed by atoms with Gasteiger partial charge in [-0.05, 0) is 47.4 Å². The second kappa shape index (κ2) is 9.49. The SMILES string of the molecule is COc1ccc2ccccc2c1CN1CCOc2ccc(CN3CCC(O)CC3)cc2C1. The molecule has 5 nitrogen and oxygen atoms in total. The van der Waals surface area contributed by atoms with Crippen molar-refractivity contribution >= 4 is 10.8 Å². The fourth-order valence-electron chi connectivity index (χ4n) is 4.96. The molecule has 168 valence electrons. The van der Waals surface area contributed by atoms with Gasteiger partial charge in [0.15, 0.2) is 0 Å². The van der Waals surface area contributed by atoms with Crippen LogP contribution in [0.4, 0.5) is 0 Å². The van der Waals surface area contributed by atoms with Gasteiger partial charge in [0.05, 0.1) is 13.2 Å². The number of aliphatic hydroxyl groups excluding tert-OH is 1. The van der Waals surface area contributed by atoms with E-state index in [0.717, 1.165) is 63.6 Å². The molecule has 0 aliphatic carbocycles. The molecule has 2 aliphatic heterocycles. The number of piperidine rings is 1. The molecule has 0 spiro atoms. The molecule has 32 heavy (non-hydrogen) atoms. The summed E-state index contributed by atoms with van der Waals surface area (Å²) in [6.07, 6.45) is 1.61. The minimum Gasteiger partial charge on any atom is -0.496 e. The molecule has 0 bridgehead atoms. The molecule has 5 rings (SSSR count). The van der Waals surface area contributed by atoms with Crippen molar-refractivity contribution in [1.29, 1.82) is 0 Å². The lowest BCUT2D eigenvalue weighted by Crippen LogP contribution is -2.35. The third-order valence-electron chi connectivity index (χ3n) is 6.75. The van der Waals surface area contributed by atoms with Gasteiger partial charge in [0.25, 0.3) is 0 Å². The largest absolute Gasteiger partial charge is 0.496 e. The van der Waals surface area contributed by atoms with Crippen LogP contribution in [0.2, 0.25) is 0 Å². The van der Waals surface area contributed by atoms with Crippen LogP contribution in [0.1, 0.15) is 29.5 Å². The molecule has 0 saturated carbocycles. The van der Waals surface area contributed by atoms with Crippen molar-refractivity contribution in [3.8, 4) is 11.5 Å². The van der Waals surface area contributed by atoms with Crippen molar-refractivity contribution < 1.29 is 14.6 Å². The van der Waals surface area contributed by atoms with E-state index in [2.05, 4.69) is 64.4 Å². The van der Waals surface area contributed by atoms with Crippen molar-refractivity contribution in [2.24, 2.45) is 0 Å². The van der Waals surface area contributed by atoms with Crippen molar-refractivity contribution in [3.05, 3.63) is 71.3 Å². The number of nitrogens with zero attached hydrogens (tertiary/aromatic N) is 2. The summed E-state index contributed by atoms with van der Waals surface area (Å²) in [5.74, 6) is 1.94. The summed E-state index contributed by atoms with van der Waals surface area (Å²) in [4.78, 5) is 4.89. The van der Waals surface area contributed by atoms with Crippen molar-refractivity contribution in [3.63, 3.8) is 0 Å². The topological polar surface area (TPSA) is 45.2 Å². The number of methoxy groups -OCH3 is 1. The maximum atomic E-state index is 9.78. The maximum absolute atomic E-state index is 9.78. The Hall–Kier alpha value is -2.60. The monoisotopic (exact) mass is 432 g/mol. The van der Waals surface area contributed by atoms with Gasteiger partial charge < -0.3 is 14.6 Å². The highest BCUT2D eigenvalue weighted by Gasteiger charge is 2.21. The lowest BCUT2D eigenvalue weighted by molar-refractivity contribution is 0.0792. The fraction of sp³-hybridized carbons (Fsp3) is 0.407. The molecule has 1 N–H and O–H groups in total. The molecular formula is C27H32N2O3. The second-order valence-electron chi connectivity index (χ2n) is 8.98. The summed E-state index contributed by atoms with van der Waals surface area (Å²) in [6.45, 7) is 6.08. The first kappa shape index (κ1) is 21.3. The Bertz CT molecular complexity index is 1080. The molecule has 3 aromatic carbocycles. The average Bonchev–Trinajstić information content (AvgIpc) is 3.02. The zero-order chi connectivity index (χ0) is 21.9. The van der Waals surface area contributed by atoms with Crippen LogP contribution in [0.25, 0.3) is 10.8 Å². The number of fused-ring (bicyclic) bond motifs is 2. The standard InChI is InChI=1S/C27H32N2O3/c1-31-27-9-7-21-4-2-3-5-24(21)25(27)19-29-14-15-32-26-8-6-20(16-22(26)18-29)17-28-12-10-23(30)11-13-28/h2-9,16,23,30H,10-15,17-19H2,1H3. The van der Waals surface area contributed by atoms with Crippen LogP contribution in [0.5, 0.6) is 11.5 Å². The summed E-state index contributed by atoms with van der Waals surface area (Å²) in [6, 6.07) is 19.3. The van der Waals surface area contributed by atoms with E-state index in [1.807, 2.05) is 0 Å². The zero-order valence-corrected chi connectivity index (χ0v) is 18.8. The molecule has 0 unspecified atom stereocenters. The van der Waals surface area contributed by atoms with Gasteiger partial charge in [0, 0.05) is 50.4 Å². The molecule has 3 aromatic rings. The Morgan fingerprint density at radius 3 is 2.66 bits per heavy atom. The van der Waals surface area contributed by atoms with Gasteiger partial charge in [-0.2, -0.15) is 0 Å². The molecule has 2 aliphatic rings. The first-order chi connectivity index (χ1) is 15.7. The number of aliphatic hydroxyl groups is 1. The number of likely N-dealkylation sites (tertiary alicyclic amines) is 1. The third kappa shape index (κ3) is 4.60. The number of hydrogen-bond acceptors (Lipinski definition) is 5. The van der Waals surface area contributed by atoms with Crippen molar-refractivity contribution in [2.75, 3.05) is 33.4 Å². The van der Waals surface area contributed by atoms with Crippen LogP contribution in [-0.2, 0) is 19.6 Å². The number of ether oxygens (including phenoxy) is 2. The third-order valence-corrected chi connectivity index (χ3v) is 6.75. The van der Waals surface area contributed by atoms with Gasteiger partial charge >= 0.3 is 0 Å². The van der Waals surface area contributed by atoms with E-state index < -0.39 is 0 Å². The molecule has 1 saturated heterocycles. The van der Waals surface area contributed by atoms with Crippen LogP contribution >= 0.6 is 0 Å². The van der Waals surface area contributed by atoms with Gasteiger partial charge in [-0.1, -0.05) is 36.4 Å². The van der Waals surface area contributed by atoms with Crippen LogP contribution in [0.15, 0.2) is 54.6 Å². The van der Waals surface area contributed by atoms with Crippen molar-refractivity contribution in [2.45, 2.75) is 38.6 Å². The minimum atomic E-state index is -0.133. The Balaban J connectivity index is 1.36.